The van der Waals surface area contributed by atoms with Crippen molar-refractivity contribution in [3.05, 3.63) is 82.8 Å². The van der Waals surface area contributed by atoms with Crippen molar-refractivity contribution in [3.8, 4) is 11.8 Å². The molecule has 1 unspecified atom stereocenters. The number of amides is 1. The molecular weight excluding hydrogens is 485 g/mol. The third-order valence-corrected chi connectivity index (χ3v) is 5.29. The molecule has 0 aliphatic rings. The Morgan fingerprint density at radius 3 is 2.43 bits per heavy atom. The summed E-state index contributed by atoms with van der Waals surface area (Å²) in [5.74, 6) is 5.81. The van der Waals surface area contributed by atoms with Crippen molar-refractivity contribution in [1.29, 1.82) is 0 Å². The number of nitrogen functional groups attached to an aromatic ring is 1. The summed E-state index contributed by atoms with van der Waals surface area (Å²) in [5.41, 5.74) is 13.7. The average Bonchev–Trinajstić information content (AvgIpc) is 3.22. The summed E-state index contributed by atoms with van der Waals surface area (Å²) in [4.78, 5) is 19.7. The second kappa shape index (κ2) is 11.5. The molecule has 11 heteroatoms. The number of alkyl halides is 3. The van der Waals surface area contributed by atoms with Crippen LogP contribution in [0.5, 0.6) is 0 Å². The predicted octanol–water partition coefficient (Wildman–Crippen LogP) is 3.55. The van der Waals surface area contributed by atoms with E-state index < -0.39 is 17.6 Å². The Morgan fingerprint density at radius 1 is 1.14 bits per heavy atom. The second-order valence-corrected chi connectivity index (χ2v) is 8.28. The van der Waals surface area contributed by atoms with E-state index in [4.69, 9.17) is 11.5 Å². The molecule has 0 bridgehead atoms. The Morgan fingerprint density at radius 2 is 1.84 bits per heavy atom. The first-order chi connectivity index (χ1) is 17.5. The maximum Gasteiger partial charge on any atom is 0.416 e. The molecule has 0 saturated carbocycles. The van der Waals surface area contributed by atoms with Gasteiger partial charge < -0.3 is 16.6 Å². The van der Waals surface area contributed by atoms with Gasteiger partial charge in [0.2, 0.25) is 5.91 Å². The van der Waals surface area contributed by atoms with Gasteiger partial charge in [-0.25, -0.2) is 14.6 Å². The SMILES string of the molecule is Cc1ccc(C(N)=O)cc1C#Cc1nn(CC(C)CO)c2ncnc(N)c12.FC(F)(F)c1ccccc1. The Balaban J connectivity index is 0.000000319. The fraction of sp³-hybridized carbons (Fsp3) is 0.231. The maximum atomic E-state index is 11.8. The van der Waals surface area contributed by atoms with Gasteiger partial charge >= 0.3 is 6.18 Å². The number of carbonyl (C=O) groups excluding carboxylic acids is 1. The lowest BCUT2D eigenvalue weighted by molar-refractivity contribution is -0.137. The van der Waals surface area contributed by atoms with Crippen LogP contribution >= 0.6 is 0 Å². The molecule has 37 heavy (non-hydrogen) atoms. The summed E-state index contributed by atoms with van der Waals surface area (Å²) < 4.78 is 37.0. The van der Waals surface area contributed by atoms with Crippen molar-refractivity contribution in [2.45, 2.75) is 26.6 Å². The molecule has 0 saturated heterocycles. The van der Waals surface area contributed by atoms with Gasteiger partial charge in [0, 0.05) is 24.3 Å². The summed E-state index contributed by atoms with van der Waals surface area (Å²) >= 11 is 0. The molecule has 1 amide bonds. The van der Waals surface area contributed by atoms with Crippen LogP contribution in [0.4, 0.5) is 19.0 Å². The van der Waals surface area contributed by atoms with Crippen LogP contribution < -0.4 is 11.5 Å². The van der Waals surface area contributed by atoms with E-state index in [1.807, 2.05) is 13.8 Å². The van der Waals surface area contributed by atoms with Gasteiger partial charge in [-0.1, -0.05) is 49.2 Å². The molecule has 2 aromatic carbocycles. The number of hydrogen-bond acceptors (Lipinski definition) is 6. The maximum absolute atomic E-state index is 11.8. The van der Waals surface area contributed by atoms with Gasteiger partial charge in [-0.2, -0.15) is 18.3 Å². The van der Waals surface area contributed by atoms with E-state index in [0.717, 1.165) is 17.7 Å². The van der Waals surface area contributed by atoms with E-state index in [0.29, 0.717) is 34.4 Å². The number of aliphatic hydroxyl groups excluding tert-OH is 1. The summed E-state index contributed by atoms with van der Waals surface area (Å²) in [6.07, 6.45) is -2.83. The minimum atomic E-state index is -4.21. The van der Waals surface area contributed by atoms with E-state index in [1.54, 1.807) is 28.9 Å². The third kappa shape index (κ3) is 6.83. The number of aryl methyl sites for hydroxylation is 1. The number of aliphatic hydroxyl groups is 1. The minimum absolute atomic E-state index is 0.000378. The number of carbonyl (C=O) groups is 1. The number of aromatic nitrogens is 4. The van der Waals surface area contributed by atoms with E-state index in [1.165, 1.54) is 18.5 Å². The summed E-state index contributed by atoms with van der Waals surface area (Å²) in [5, 5.41) is 14.4. The molecule has 0 aliphatic carbocycles. The van der Waals surface area contributed by atoms with E-state index in [-0.39, 0.29) is 18.3 Å². The lowest BCUT2D eigenvalue weighted by atomic mass is 10.0. The van der Waals surface area contributed by atoms with E-state index >= 15 is 0 Å². The number of primary amides is 1. The first-order valence-electron chi connectivity index (χ1n) is 11.1. The minimum Gasteiger partial charge on any atom is -0.396 e. The first-order valence-corrected chi connectivity index (χ1v) is 11.1. The number of nitrogens with zero attached hydrogens (tertiary/aromatic N) is 4. The van der Waals surface area contributed by atoms with Gasteiger partial charge in [-0.15, -0.1) is 0 Å². The zero-order valence-electron chi connectivity index (χ0n) is 20.1. The van der Waals surface area contributed by atoms with Gasteiger partial charge in [0.15, 0.2) is 5.65 Å². The van der Waals surface area contributed by atoms with Crippen LogP contribution in [0, 0.1) is 24.7 Å². The van der Waals surface area contributed by atoms with Crippen LogP contribution in [0.1, 0.15) is 39.7 Å². The number of anilines is 1. The van der Waals surface area contributed by atoms with Crippen molar-refractivity contribution < 1.29 is 23.1 Å². The number of fused-ring (bicyclic) bond motifs is 1. The van der Waals surface area contributed by atoms with Crippen LogP contribution in [0.15, 0.2) is 54.9 Å². The predicted molar refractivity (Wildman–Crippen MR) is 133 cm³/mol. The smallest absolute Gasteiger partial charge is 0.396 e. The second-order valence-electron chi connectivity index (χ2n) is 8.28. The molecule has 5 N–H and O–H groups in total. The average molecular weight is 511 g/mol. The largest absolute Gasteiger partial charge is 0.416 e. The highest BCUT2D eigenvalue weighted by atomic mass is 19.4. The fourth-order valence-electron chi connectivity index (χ4n) is 3.26. The molecule has 8 nitrogen and oxygen atoms in total. The van der Waals surface area contributed by atoms with E-state index in [2.05, 4.69) is 26.9 Å². The Bertz CT molecular complexity index is 1460. The summed E-state index contributed by atoms with van der Waals surface area (Å²) in [7, 11) is 0. The highest BCUT2D eigenvalue weighted by molar-refractivity contribution is 5.93. The molecule has 0 fully saturated rings. The number of rotatable bonds is 4. The molecule has 0 aliphatic heterocycles. The van der Waals surface area contributed by atoms with Gasteiger partial charge in [0.1, 0.15) is 17.8 Å². The van der Waals surface area contributed by atoms with Crippen molar-refractivity contribution in [2.75, 3.05) is 12.3 Å². The molecule has 2 heterocycles. The highest BCUT2D eigenvalue weighted by Gasteiger charge is 2.29. The fourth-order valence-corrected chi connectivity index (χ4v) is 3.26. The van der Waals surface area contributed by atoms with Crippen LogP contribution in [0.25, 0.3) is 11.0 Å². The molecule has 1 atom stereocenters. The van der Waals surface area contributed by atoms with Gasteiger partial charge in [-0.3, -0.25) is 4.79 Å². The number of benzene rings is 2. The lowest BCUT2D eigenvalue weighted by Gasteiger charge is -2.07. The van der Waals surface area contributed by atoms with E-state index in [9.17, 15) is 23.1 Å². The van der Waals surface area contributed by atoms with Crippen molar-refractivity contribution in [3.63, 3.8) is 0 Å². The number of halogens is 3. The summed E-state index contributed by atoms with van der Waals surface area (Å²) in [6.45, 7) is 4.30. The molecule has 4 aromatic rings. The zero-order valence-corrected chi connectivity index (χ0v) is 20.1. The van der Waals surface area contributed by atoms with Gasteiger partial charge in [0.05, 0.1) is 10.9 Å². The molecule has 2 aromatic heterocycles. The topological polar surface area (TPSA) is 133 Å². The van der Waals surface area contributed by atoms with Gasteiger partial charge in [-0.05, 0) is 36.5 Å². The van der Waals surface area contributed by atoms with Crippen LogP contribution in [0.3, 0.4) is 0 Å². The quantitative estimate of drug-likeness (QED) is 0.360. The van der Waals surface area contributed by atoms with Crippen molar-refractivity contribution in [1.82, 2.24) is 19.7 Å². The number of hydrogen-bond donors (Lipinski definition) is 3. The Hall–Kier alpha value is -4.43. The molecule has 4 rings (SSSR count). The summed E-state index contributed by atoms with van der Waals surface area (Å²) in [6, 6.07) is 11.5. The Kier molecular flexibility index (Phi) is 8.47. The van der Waals surface area contributed by atoms with Crippen molar-refractivity contribution in [2.24, 2.45) is 11.7 Å². The molecule has 0 radical (unpaired) electrons. The monoisotopic (exact) mass is 510 g/mol. The van der Waals surface area contributed by atoms with Crippen LogP contribution in [0.2, 0.25) is 0 Å². The zero-order chi connectivity index (χ0) is 27.2. The molecular formula is C26H25F3N6O2. The van der Waals surface area contributed by atoms with Gasteiger partial charge in [0.25, 0.3) is 0 Å². The lowest BCUT2D eigenvalue weighted by Crippen LogP contribution is -2.12. The van der Waals surface area contributed by atoms with Crippen LogP contribution in [-0.2, 0) is 12.7 Å². The van der Waals surface area contributed by atoms with Crippen LogP contribution in [-0.4, -0.2) is 37.4 Å². The third-order valence-electron chi connectivity index (χ3n) is 5.29. The first kappa shape index (κ1) is 27.2. The standard InChI is InChI=1S/C19H20N6O2.C7H5F3/c1-11(9-26)8-25-19-16(17(20)22-10-23-19)15(24-25)6-5-13-7-14(18(21)27)4-3-12(13)2;8-7(9,10)6-4-2-1-3-5-6/h3-4,7,10-11,26H,8-9H2,1-2H3,(H2,21,27)(H2,20,22,23);1-5H. The molecule has 0 spiro atoms. The Labute approximate surface area is 211 Å². The normalized spacial score (nSPS) is 11.7. The highest BCUT2D eigenvalue weighted by Crippen LogP contribution is 2.28. The molecule has 192 valence electrons. The van der Waals surface area contributed by atoms with Crippen molar-refractivity contribution >= 4 is 22.8 Å². The number of nitrogens with two attached hydrogens (primary N) is 2.